The molecule has 3 nitrogen and oxygen atoms in total. The van der Waals surface area contributed by atoms with Gasteiger partial charge in [-0.05, 0) is 27.1 Å². The van der Waals surface area contributed by atoms with Gasteiger partial charge in [0.25, 0.3) is 0 Å². The molecule has 2 N–H and O–H groups in total. The smallest absolute Gasteiger partial charge is 0.165 e. The van der Waals surface area contributed by atoms with Crippen LogP contribution in [0.15, 0.2) is 18.2 Å². The van der Waals surface area contributed by atoms with Gasteiger partial charge >= 0.3 is 0 Å². The molecular weight excluding hydrogens is 207 g/mol. The lowest BCUT2D eigenvalue weighted by atomic mass is 10.1. The molecular formula is C12H19FN2O. The second-order valence-corrected chi connectivity index (χ2v) is 4.10. The molecule has 1 aromatic carbocycles. The minimum atomic E-state index is -0.353. The van der Waals surface area contributed by atoms with Gasteiger partial charge in [0.2, 0.25) is 0 Å². The summed E-state index contributed by atoms with van der Waals surface area (Å²) >= 11 is 0. The first-order chi connectivity index (χ1) is 7.52. The second kappa shape index (κ2) is 5.82. The largest absolute Gasteiger partial charge is 0.489 e. The first kappa shape index (κ1) is 12.9. The Morgan fingerprint density at radius 2 is 2.12 bits per heavy atom. The summed E-state index contributed by atoms with van der Waals surface area (Å²) in [5, 5.41) is 0. The Labute approximate surface area is 96.0 Å². The predicted molar refractivity (Wildman–Crippen MR) is 63.1 cm³/mol. The zero-order valence-corrected chi connectivity index (χ0v) is 10.0. The summed E-state index contributed by atoms with van der Waals surface area (Å²) in [6.07, 6.45) is 0. The van der Waals surface area contributed by atoms with Gasteiger partial charge in [-0.25, -0.2) is 4.39 Å². The Morgan fingerprint density at radius 3 is 2.69 bits per heavy atom. The Kier molecular flexibility index (Phi) is 4.71. The van der Waals surface area contributed by atoms with Crippen molar-refractivity contribution in [2.24, 2.45) is 5.73 Å². The molecule has 0 unspecified atom stereocenters. The van der Waals surface area contributed by atoms with Crippen LogP contribution in [0, 0.1) is 5.82 Å². The molecule has 0 heterocycles. The molecule has 0 amide bonds. The third kappa shape index (κ3) is 3.47. The molecule has 0 radical (unpaired) electrons. The predicted octanol–water partition coefficient (Wildman–Crippen LogP) is 1.79. The highest BCUT2D eigenvalue weighted by Crippen LogP contribution is 2.26. The van der Waals surface area contributed by atoms with Crippen molar-refractivity contribution in [2.75, 3.05) is 27.2 Å². The van der Waals surface area contributed by atoms with E-state index in [1.165, 1.54) is 6.07 Å². The van der Waals surface area contributed by atoms with Crippen molar-refractivity contribution in [2.45, 2.75) is 13.0 Å². The SMILES string of the molecule is C[C@@H](N)c1cccc(F)c1OCCN(C)C. The van der Waals surface area contributed by atoms with Crippen molar-refractivity contribution in [3.63, 3.8) is 0 Å². The second-order valence-electron chi connectivity index (χ2n) is 4.10. The lowest BCUT2D eigenvalue weighted by Crippen LogP contribution is -2.20. The van der Waals surface area contributed by atoms with Crippen LogP contribution in [0.25, 0.3) is 0 Å². The number of hydrogen-bond donors (Lipinski definition) is 1. The number of benzene rings is 1. The minimum absolute atomic E-state index is 0.231. The van der Waals surface area contributed by atoms with Crippen molar-refractivity contribution >= 4 is 0 Å². The Balaban J connectivity index is 2.76. The lowest BCUT2D eigenvalue weighted by Gasteiger charge is -2.16. The van der Waals surface area contributed by atoms with E-state index in [4.69, 9.17) is 10.5 Å². The molecule has 16 heavy (non-hydrogen) atoms. The van der Waals surface area contributed by atoms with Crippen LogP contribution in [-0.4, -0.2) is 32.1 Å². The fourth-order valence-electron chi connectivity index (χ4n) is 1.37. The van der Waals surface area contributed by atoms with E-state index in [9.17, 15) is 4.39 Å². The summed E-state index contributed by atoms with van der Waals surface area (Å²) in [6.45, 7) is 3.01. The van der Waals surface area contributed by atoms with Crippen LogP contribution in [0.4, 0.5) is 4.39 Å². The molecule has 0 saturated carbocycles. The molecule has 0 fully saturated rings. The molecule has 0 aliphatic rings. The van der Waals surface area contributed by atoms with Crippen LogP contribution >= 0.6 is 0 Å². The molecule has 0 aromatic heterocycles. The van der Waals surface area contributed by atoms with Gasteiger partial charge in [-0.1, -0.05) is 12.1 Å². The van der Waals surface area contributed by atoms with E-state index in [0.717, 1.165) is 6.54 Å². The number of ether oxygens (including phenoxy) is 1. The van der Waals surface area contributed by atoms with E-state index in [1.807, 2.05) is 25.9 Å². The summed E-state index contributed by atoms with van der Waals surface area (Å²) < 4.78 is 19.0. The van der Waals surface area contributed by atoms with Crippen molar-refractivity contribution in [1.29, 1.82) is 0 Å². The van der Waals surface area contributed by atoms with Crippen molar-refractivity contribution < 1.29 is 9.13 Å². The fraction of sp³-hybridized carbons (Fsp3) is 0.500. The van der Waals surface area contributed by atoms with Crippen LogP contribution in [0.2, 0.25) is 0 Å². The van der Waals surface area contributed by atoms with Crippen molar-refractivity contribution in [3.8, 4) is 5.75 Å². The summed E-state index contributed by atoms with van der Waals surface area (Å²) in [6, 6.07) is 4.59. The van der Waals surface area contributed by atoms with Gasteiger partial charge in [0, 0.05) is 18.2 Å². The Morgan fingerprint density at radius 1 is 1.44 bits per heavy atom. The highest BCUT2D eigenvalue weighted by molar-refractivity contribution is 5.36. The summed E-state index contributed by atoms with van der Waals surface area (Å²) in [5.74, 6) is -0.0760. The Bertz CT molecular complexity index is 340. The molecule has 0 aliphatic heterocycles. The zero-order valence-electron chi connectivity index (χ0n) is 10.0. The van der Waals surface area contributed by atoms with Crippen molar-refractivity contribution in [3.05, 3.63) is 29.6 Å². The van der Waals surface area contributed by atoms with E-state index < -0.39 is 0 Å². The van der Waals surface area contributed by atoms with E-state index in [2.05, 4.69) is 0 Å². The van der Waals surface area contributed by atoms with Crippen LogP contribution in [0.3, 0.4) is 0 Å². The summed E-state index contributed by atoms with van der Waals surface area (Å²) in [5.41, 5.74) is 6.47. The van der Waals surface area contributed by atoms with Crippen LogP contribution in [0.5, 0.6) is 5.75 Å². The maximum absolute atomic E-state index is 13.5. The van der Waals surface area contributed by atoms with Crippen LogP contribution in [-0.2, 0) is 0 Å². The first-order valence-electron chi connectivity index (χ1n) is 5.34. The minimum Gasteiger partial charge on any atom is -0.489 e. The average Bonchev–Trinajstić information content (AvgIpc) is 2.19. The molecule has 4 heteroatoms. The van der Waals surface area contributed by atoms with E-state index in [-0.39, 0.29) is 17.6 Å². The number of rotatable bonds is 5. The molecule has 1 rings (SSSR count). The number of hydrogen-bond acceptors (Lipinski definition) is 3. The highest BCUT2D eigenvalue weighted by Gasteiger charge is 2.12. The van der Waals surface area contributed by atoms with Gasteiger partial charge < -0.3 is 15.4 Å². The number of likely N-dealkylation sites (N-methyl/N-ethyl adjacent to an activating group) is 1. The highest BCUT2D eigenvalue weighted by atomic mass is 19.1. The van der Waals surface area contributed by atoms with Gasteiger partial charge in [-0.3, -0.25) is 0 Å². The third-order valence-electron chi connectivity index (χ3n) is 2.27. The molecule has 0 aliphatic carbocycles. The van der Waals surface area contributed by atoms with Crippen molar-refractivity contribution in [1.82, 2.24) is 4.90 Å². The van der Waals surface area contributed by atoms with Gasteiger partial charge in [0.05, 0.1) is 0 Å². The van der Waals surface area contributed by atoms with Gasteiger partial charge in [-0.2, -0.15) is 0 Å². The molecule has 1 atom stereocenters. The number of nitrogens with zero attached hydrogens (tertiary/aromatic N) is 1. The van der Waals surface area contributed by atoms with E-state index >= 15 is 0 Å². The lowest BCUT2D eigenvalue weighted by molar-refractivity contribution is 0.249. The molecule has 90 valence electrons. The standard InChI is InChI=1S/C12H19FN2O/c1-9(14)10-5-4-6-11(13)12(10)16-8-7-15(2)3/h4-6,9H,7-8,14H2,1-3H3/t9-/m1/s1. The van der Waals surface area contributed by atoms with Crippen LogP contribution < -0.4 is 10.5 Å². The van der Waals surface area contributed by atoms with E-state index in [0.29, 0.717) is 12.2 Å². The topological polar surface area (TPSA) is 38.5 Å². The summed E-state index contributed by atoms with van der Waals surface area (Å²) in [4.78, 5) is 1.98. The third-order valence-corrected chi connectivity index (χ3v) is 2.27. The number of para-hydroxylation sites is 1. The van der Waals surface area contributed by atoms with E-state index in [1.54, 1.807) is 12.1 Å². The molecule has 1 aromatic rings. The molecule has 0 spiro atoms. The van der Waals surface area contributed by atoms with Crippen LogP contribution in [0.1, 0.15) is 18.5 Å². The Hall–Kier alpha value is -1.13. The number of halogens is 1. The number of nitrogens with two attached hydrogens (primary N) is 1. The van der Waals surface area contributed by atoms with Gasteiger partial charge in [-0.15, -0.1) is 0 Å². The zero-order chi connectivity index (χ0) is 12.1. The monoisotopic (exact) mass is 226 g/mol. The van der Waals surface area contributed by atoms with Gasteiger partial charge in [0.15, 0.2) is 11.6 Å². The molecule has 0 saturated heterocycles. The van der Waals surface area contributed by atoms with Gasteiger partial charge in [0.1, 0.15) is 6.61 Å². The summed E-state index contributed by atoms with van der Waals surface area (Å²) in [7, 11) is 3.88. The maximum atomic E-state index is 13.5. The quantitative estimate of drug-likeness (QED) is 0.831. The average molecular weight is 226 g/mol. The molecule has 0 bridgehead atoms. The maximum Gasteiger partial charge on any atom is 0.165 e. The first-order valence-corrected chi connectivity index (χ1v) is 5.34. The normalized spacial score (nSPS) is 12.9. The fourth-order valence-corrected chi connectivity index (χ4v) is 1.37.